The van der Waals surface area contributed by atoms with Gasteiger partial charge in [0.05, 0.1) is 6.61 Å². The van der Waals surface area contributed by atoms with Gasteiger partial charge in [-0.05, 0) is 49.9 Å². The third-order valence-electron chi connectivity index (χ3n) is 4.23. The zero-order valence-electron chi connectivity index (χ0n) is 11.8. The Labute approximate surface area is 111 Å². The molecular formula is C16H25NO. The summed E-state index contributed by atoms with van der Waals surface area (Å²) >= 11 is 0. The molecule has 2 nitrogen and oxygen atoms in total. The molecule has 1 N–H and O–H groups in total. The summed E-state index contributed by atoms with van der Waals surface area (Å²) in [7, 11) is 2.07. The second-order valence-electron chi connectivity index (χ2n) is 5.59. The van der Waals surface area contributed by atoms with E-state index >= 15 is 0 Å². The standard InChI is InChI=1S/C16H25NO/c1-4-18-14-9-7-8-13(12-14)15(17-3)16(2)10-5-6-11-16/h7-9,12,15,17H,4-6,10-11H2,1-3H3. The first kappa shape index (κ1) is 13.4. The maximum atomic E-state index is 5.61. The fourth-order valence-corrected chi connectivity index (χ4v) is 3.34. The fraction of sp³-hybridized carbons (Fsp3) is 0.625. The summed E-state index contributed by atoms with van der Waals surface area (Å²) in [4.78, 5) is 0. The quantitative estimate of drug-likeness (QED) is 0.851. The molecule has 0 radical (unpaired) electrons. The molecule has 1 aliphatic rings. The molecule has 0 spiro atoms. The Bertz CT molecular complexity index is 382. The van der Waals surface area contributed by atoms with E-state index in [0.29, 0.717) is 11.5 Å². The first-order valence-corrected chi connectivity index (χ1v) is 7.09. The van der Waals surface area contributed by atoms with E-state index in [9.17, 15) is 0 Å². The average molecular weight is 247 g/mol. The van der Waals surface area contributed by atoms with Gasteiger partial charge in [-0.2, -0.15) is 0 Å². The van der Waals surface area contributed by atoms with Crippen LogP contribution in [0.3, 0.4) is 0 Å². The summed E-state index contributed by atoms with van der Waals surface area (Å²) < 4.78 is 5.61. The smallest absolute Gasteiger partial charge is 0.119 e. The summed E-state index contributed by atoms with van der Waals surface area (Å²) in [6.07, 6.45) is 5.36. The van der Waals surface area contributed by atoms with Gasteiger partial charge in [-0.1, -0.05) is 31.9 Å². The minimum Gasteiger partial charge on any atom is -0.494 e. The van der Waals surface area contributed by atoms with Gasteiger partial charge >= 0.3 is 0 Å². The highest BCUT2D eigenvalue weighted by Crippen LogP contribution is 2.47. The van der Waals surface area contributed by atoms with Crippen LogP contribution in [0.1, 0.15) is 51.1 Å². The van der Waals surface area contributed by atoms with Gasteiger partial charge in [0.15, 0.2) is 0 Å². The van der Waals surface area contributed by atoms with Gasteiger partial charge in [-0.15, -0.1) is 0 Å². The lowest BCUT2D eigenvalue weighted by atomic mass is 9.77. The fourth-order valence-electron chi connectivity index (χ4n) is 3.34. The van der Waals surface area contributed by atoms with Gasteiger partial charge < -0.3 is 10.1 Å². The molecule has 1 saturated carbocycles. The van der Waals surface area contributed by atoms with Crippen LogP contribution in [0.25, 0.3) is 0 Å². The van der Waals surface area contributed by atoms with Gasteiger partial charge in [-0.25, -0.2) is 0 Å². The zero-order valence-corrected chi connectivity index (χ0v) is 11.8. The molecular weight excluding hydrogens is 222 g/mol. The van der Waals surface area contributed by atoms with Gasteiger partial charge in [0.1, 0.15) is 5.75 Å². The summed E-state index contributed by atoms with van der Waals surface area (Å²) in [5.41, 5.74) is 1.74. The Morgan fingerprint density at radius 2 is 2.06 bits per heavy atom. The number of rotatable bonds is 5. The molecule has 1 atom stereocenters. The molecule has 0 heterocycles. The Kier molecular flexibility index (Phi) is 4.28. The van der Waals surface area contributed by atoms with Crippen LogP contribution in [0.4, 0.5) is 0 Å². The van der Waals surface area contributed by atoms with Crippen LogP contribution in [0, 0.1) is 5.41 Å². The maximum Gasteiger partial charge on any atom is 0.119 e. The molecule has 0 aliphatic heterocycles. The third kappa shape index (κ3) is 2.69. The Morgan fingerprint density at radius 3 is 2.67 bits per heavy atom. The van der Waals surface area contributed by atoms with E-state index in [4.69, 9.17) is 4.74 Å². The molecule has 1 aromatic carbocycles. The van der Waals surface area contributed by atoms with Crippen molar-refractivity contribution in [3.63, 3.8) is 0 Å². The summed E-state index contributed by atoms with van der Waals surface area (Å²) in [5, 5.41) is 3.51. The molecule has 0 amide bonds. The van der Waals surface area contributed by atoms with Crippen molar-refractivity contribution in [2.75, 3.05) is 13.7 Å². The molecule has 0 bridgehead atoms. The van der Waals surface area contributed by atoms with Crippen LogP contribution in [0.15, 0.2) is 24.3 Å². The molecule has 1 fully saturated rings. The second-order valence-corrected chi connectivity index (χ2v) is 5.59. The van der Waals surface area contributed by atoms with Crippen LogP contribution in [-0.2, 0) is 0 Å². The van der Waals surface area contributed by atoms with E-state index < -0.39 is 0 Å². The lowest BCUT2D eigenvalue weighted by Crippen LogP contribution is -2.32. The predicted octanol–water partition coefficient (Wildman–Crippen LogP) is 3.93. The third-order valence-corrected chi connectivity index (χ3v) is 4.23. The first-order chi connectivity index (χ1) is 8.69. The number of hydrogen-bond acceptors (Lipinski definition) is 2. The summed E-state index contributed by atoms with van der Waals surface area (Å²) in [5.74, 6) is 0.983. The van der Waals surface area contributed by atoms with Crippen LogP contribution >= 0.6 is 0 Å². The molecule has 1 aliphatic carbocycles. The number of ether oxygens (including phenoxy) is 1. The van der Waals surface area contributed by atoms with Crippen LogP contribution in [0.5, 0.6) is 5.75 Å². The highest BCUT2D eigenvalue weighted by molar-refractivity contribution is 5.31. The van der Waals surface area contributed by atoms with E-state index in [1.165, 1.54) is 31.2 Å². The maximum absolute atomic E-state index is 5.61. The van der Waals surface area contributed by atoms with E-state index in [2.05, 4.69) is 37.5 Å². The van der Waals surface area contributed by atoms with E-state index in [1.54, 1.807) is 0 Å². The largest absolute Gasteiger partial charge is 0.494 e. The first-order valence-electron chi connectivity index (χ1n) is 7.09. The Hall–Kier alpha value is -1.02. The Morgan fingerprint density at radius 1 is 1.33 bits per heavy atom. The van der Waals surface area contributed by atoms with Crippen molar-refractivity contribution in [1.82, 2.24) is 5.32 Å². The molecule has 0 aromatic heterocycles. The van der Waals surface area contributed by atoms with Crippen LogP contribution < -0.4 is 10.1 Å². The molecule has 100 valence electrons. The van der Waals surface area contributed by atoms with Crippen molar-refractivity contribution in [3.8, 4) is 5.75 Å². The normalized spacial score (nSPS) is 19.7. The highest BCUT2D eigenvalue weighted by Gasteiger charge is 2.37. The minimum absolute atomic E-state index is 0.388. The lowest BCUT2D eigenvalue weighted by Gasteiger charge is -2.34. The van der Waals surface area contributed by atoms with Crippen LogP contribution in [-0.4, -0.2) is 13.7 Å². The van der Waals surface area contributed by atoms with Crippen molar-refractivity contribution in [2.24, 2.45) is 5.41 Å². The monoisotopic (exact) mass is 247 g/mol. The minimum atomic E-state index is 0.388. The van der Waals surface area contributed by atoms with Crippen LogP contribution in [0.2, 0.25) is 0 Å². The van der Waals surface area contributed by atoms with Crippen molar-refractivity contribution in [1.29, 1.82) is 0 Å². The van der Waals surface area contributed by atoms with E-state index in [-0.39, 0.29) is 0 Å². The topological polar surface area (TPSA) is 21.3 Å². The average Bonchev–Trinajstić information content (AvgIpc) is 2.79. The van der Waals surface area contributed by atoms with E-state index in [1.807, 2.05) is 13.0 Å². The van der Waals surface area contributed by atoms with Gasteiger partial charge in [0, 0.05) is 6.04 Å². The molecule has 1 aromatic rings. The van der Waals surface area contributed by atoms with Gasteiger partial charge in [0.25, 0.3) is 0 Å². The molecule has 2 heteroatoms. The predicted molar refractivity (Wildman–Crippen MR) is 76.0 cm³/mol. The van der Waals surface area contributed by atoms with Crippen molar-refractivity contribution in [3.05, 3.63) is 29.8 Å². The van der Waals surface area contributed by atoms with Gasteiger partial charge in [0.2, 0.25) is 0 Å². The highest BCUT2D eigenvalue weighted by atomic mass is 16.5. The number of hydrogen-bond donors (Lipinski definition) is 1. The number of nitrogens with one attached hydrogen (secondary N) is 1. The SMILES string of the molecule is CCOc1cccc(C(NC)C2(C)CCCC2)c1. The zero-order chi connectivity index (χ0) is 13.0. The summed E-state index contributed by atoms with van der Waals surface area (Å²) in [6, 6.07) is 8.97. The summed E-state index contributed by atoms with van der Waals surface area (Å²) in [6.45, 7) is 5.17. The molecule has 2 rings (SSSR count). The van der Waals surface area contributed by atoms with Crippen molar-refractivity contribution >= 4 is 0 Å². The van der Waals surface area contributed by atoms with Crippen molar-refractivity contribution in [2.45, 2.75) is 45.6 Å². The molecule has 0 saturated heterocycles. The van der Waals surface area contributed by atoms with Crippen molar-refractivity contribution < 1.29 is 4.74 Å². The van der Waals surface area contributed by atoms with E-state index in [0.717, 1.165) is 12.4 Å². The molecule has 1 unspecified atom stereocenters. The van der Waals surface area contributed by atoms with Gasteiger partial charge in [-0.3, -0.25) is 0 Å². The second kappa shape index (κ2) is 5.75. The lowest BCUT2D eigenvalue weighted by molar-refractivity contribution is 0.233. The Balaban J connectivity index is 2.24. The number of benzene rings is 1. The molecule has 18 heavy (non-hydrogen) atoms.